The molecule has 4 nitrogen and oxygen atoms in total. The van der Waals surface area contributed by atoms with Crippen molar-refractivity contribution in [2.24, 2.45) is 0 Å². The van der Waals surface area contributed by atoms with Crippen LogP contribution in [0.1, 0.15) is 26.2 Å². The van der Waals surface area contributed by atoms with Gasteiger partial charge in [0.25, 0.3) is 0 Å². The van der Waals surface area contributed by atoms with Crippen molar-refractivity contribution in [2.75, 3.05) is 38.3 Å². The Labute approximate surface area is 155 Å². The molecule has 0 saturated heterocycles. The topological polar surface area (TPSA) is 43.4 Å². The summed E-state index contributed by atoms with van der Waals surface area (Å²) in [6.45, 7) is 5.70. The van der Waals surface area contributed by atoms with Gasteiger partial charge in [-0.25, -0.2) is 4.98 Å². The third kappa shape index (κ3) is 5.41. The maximum Gasteiger partial charge on any atom is 0.0709 e. The lowest BCUT2D eigenvalue weighted by molar-refractivity contribution is 0.0519. The van der Waals surface area contributed by atoms with Crippen LogP contribution in [0.15, 0.2) is 36.4 Å². The molecule has 0 unspecified atom stereocenters. The van der Waals surface area contributed by atoms with Gasteiger partial charge in [-0.15, -0.1) is 0 Å². The van der Waals surface area contributed by atoms with Crippen LogP contribution in [0, 0.1) is 0 Å². The van der Waals surface area contributed by atoms with Crippen molar-refractivity contribution in [1.82, 2.24) is 4.98 Å². The zero-order valence-electron chi connectivity index (χ0n) is 15.5. The first-order valence-corrected chi connectivity index (χ1v) is 9.54. The highest BCUT2D eigenvalue weighted by molar-refractivity contribution is 5.63. The van der Waals surface area contributed by atoms with E-state index in [9.17, 15) is 0 Å². The van der Waals surface area contributed by atoms with Gasteiger partial charge in [-0.1, -0.05) is 37.3 Å². The largest absolute Gasteiger partial charge is 0.383 e. The lowest BCUT2D eigenvalue weighted by Crippen LogP contribution is -2.29. The van der Waals surface area contributed by atoms with Gasteiger partial charge in [0, 0.05) is 24.4 Å². The highest BCUT2D eigenvalue weighted by atomic mass is 16.5. The molecule has 0 fully saturated rings. The third-order valence-corrected chi connectivity index (χ3v) is 4.30. The third-order valence-electron chi connectivity index (χ3n) is 4.30. The van der Waals surface area contributed by atoms with Crippen molar-refractivity contribution < 1.29 is 9.47 Å². The maximum atomic E-state index is 5.54. The Bertz CT molecular complexity index is 800. The van der Waals surface area contributed by atoms with E-state index in [1.807, 2.05) is 0 Å². The Morgan fingerprint density at radius 2 is 1.65 bits per heavy atom. The number of pyridine rings is 1. The van der Waals surface area contributed by atoms with Gasteiger partial charge >= 0.3 is 0 Å². The summed E-state index contributed by atoms with van der Waals surface area (Å²) in [7, 11) is 0. The molecule has 0 aliphatic heterocycles. The predicted molar refractivity (Wildman–Crippen MR) is 108 cm³/mol. The molecule has 3 rings (SSSR count). The molecule has 1 aromatic carbocycles. The number of benzene rings is 1. The summed E-state index contributed by atoms with van der Waals surface area (Å²) in [4.78, 5) is 4.79. The summed E-state index contributed by atoms with van der Waals surface area (Å²) in [6.07, 6.45) is 7.73. The minimum Gasteiger partial charge on any atom is -0.383 e. The van der Waals surface area contributed by atoms with Gasteiger partial charge in [0.05, 0.1) is 30.9 Å². The van der Waals surface area contributed by atoms with Crippen molar-refractivity contribution in [2.45, 2.75) is 26.2 Å². The molecule has 0 atom stereocenters. The van der Waals surface area contributed by atoms with E-state index < -0.39 is 0 Å². The van der Waals surface area contributed by atoms with Crippen LogP contribution in [0.4, 0.5) is 5.69 Å². The lowest BCUT2D eigenvalue weighted by Gasteiger charge is -2.09. The van der Waals surface area contributed by atoms with Gasteiger partial charge < -0.3 is 14.8 Å². The van der Waals surface area contributed by atoms with Crippen LogP contribution in [-0.4, -0.2) is 38.0 Å². The Morgan fingerprint density at radius 3 is 2.46 bits per heavy atom. The first-order valence-electron chi connectivity index (χ1n) is 9.54. The fourth-order valence-corrected chi connectivity index (χ4v) is 2.93. The average molecular weight is 352 g/mol. The molecule has 1 aliphatic rings. The second-order valence-electron chi connectivity index (χ2n) is 6.39. The number of rotatable bonds is 10. The fourth-order valence-electron chi connectivity index (χ4n) is 2.93. The quantitative estimate of drug-likeness (QED) is 0.668. The second kappa shape index (κ2) is 10.1. The highest BCUT2D eigenvalue weighted by Gasteiger charge is 2.02. The first-order chi connectivity index (χ1) is 12.9. The minimum atomic E-state index is 0.652. The van der Waals surface area contributed by atoms with Gasteiger partial charge in [0.15, 0.2) is 0 Å². The molecule has 0 spiro atoms. The molecule has 0 saturated carbocycles. The molecule has 26 heavy (non-hydrogen) atoms. The number of hydrogen-bond donors (Lipinski definition) is 1. The molecule has 1 heterocycles. The number of hydrogen-bond acceptors (Lipinski definition) is 4. The number of fused-ring (bicyclic) bond motifs is 1. The van der Waals surface area contributed by atoms with Gasteiger partial charge in [0.1, 0.15) is 0 Å². The summed E-state index contributed by atoms with van der Waals surface area (Å²) in [5.41, 5.74) is 3.26. The Balaban J connectivity index is 1.47. The van der Waals surface area contributed by atoms with Crippen LogP contribution >= 0.6 is 0 Å². The molecule has 138 valence electrons. The zero-order chi connectivity index (χ0) is 18.0. The van der Waals surface area contributed by atoms with E-state index in [1.165, 1.54) is 5.22 Å². The number of anilines is 1. The Morgan fingerprint density at radius 1 is 0.885 bits per heavy atom. The van der Waals surface area contributed by atoms with E-state index in [-0.39, 0.29) is 0 Å². The van der Waals surface area contributed by atoms with Crippen molar-refractivity contribution in [1.29, 1.82) is 0 Å². The molecule has 0 bridgehead atoms. The van der Waals surface area contributed by atoms with Gasteiger partial charge in [-0.2, -0.15) is 0 Å². The first kappa shape index (κ1) is 18.6. The summed E-state index contributed by atoms with van der Waals surface area (Å²) >= 11 is 0. The number of nitrogens with one attached hydrogen (secondary N) is 1. The minimum absolute atomic E-state index is 0.652. The van der Waals surface area contributed by atoms with Crippen molar-refractivity contribution in [3.05, 3.63) is 47.0 Å². The summed E-state index contributed by atoms with van der Waals surface area (Å²) in [5, 5.41) is 5.73. The molecule has 1 aliphatic carbocycles. The molecule has 4 heteroatoms. The number of ether oxygens (including phenoxy) is 2. The Hall–Kier alpha value is -2.17. The van der Waals surface area contributed by atoms with Crippen LogP contribution in [0.2, 0.25) is 0 Å². The van der Waals surface area contributed by atoms with E-state index in [0.717, 1.165) is 54.7 Å². The van der Waals surface area contributed by atoms with Crippen LogP contribution in [0.5, 0.6) is 0 Å². The Kier molecular flexibility index (Phi) is 7.23. The van der Waals surface area contributed by atoms with E-state index >= 15 is 0 Å². The SMILES string of the molecule is CCCOCCOCCNc1ccc(-c2ccc3c(n2)=CCCC=3)cc1. The molecule has 1 aromatic heterocycles. The molecular formula is C22H28N2O2. The van der Waals surface area contributed by atoms with Crippen molar-refractivity contribution in [3.63, 3.8) is 0 Å². The van der Waals surface area contributed by atoms with Crippen LogP contribution in [-0.2, 0) is 9.47 Å². The highest BCUT2D eigenvalue weighted by Crippen LogP contribution is 2.18. The molecule has 0 amide bonds. The average Bonchev–Trinajstić information content (AvgIpc) is 2.70. The standard InChI is InChI=1S/C22H28N2O2/c1-2-14-25-16-17-26-15-13-23-20-10-7-19(8-11-20)22-12-9-18-5-3-4-6-21(18)24-22/h5-12,23H,2-4,13-17H2,1H3. The van der Waals surface area contributed by atoms with E-state index in [0.29, 0.717) is 19.8 Å². The smallest absolute Gasteiger partial charge is 0.0709 e. The second-order valence-corrected chi connectivity index (χ2v) is 6.39. The lowest BCUT2D eigenvalue weighted by atomic mass is 10.1. The maximum absolute atomic E-state index is 5.54. The number of aromatic nitrogens is 1. The summed E-state index contributed by atoms with van der Waals surface area (Å²) in [5.74, 6) is 0. The zero-order valence-corrected chi connectivity index (χ0v) is 15.5. The van der Waals surface area contributed by atoms with Crippen molar-refractivity contribution in [3.8, 4) is 11.3 Å². The van der Waals surface area contributed by atoms with E-state index in [4.69, 9.17) is 14.5 Å². The summed E-state index contributed by atoms with van der Waals surface area (Å²) < 4.78 is 10.9. The van der Waals surface area contributed by atoms with Crippen LogP contribution in [0.25, 0.3) is 23.4 Å². The fraction of sp³-hybridized carbons (Fsp3) is 0.409. The summed E-state index contributed by atoms with van der Waals surface area (Å²) in [6, 6.07) is 12.7. The van der Waals surface area contributed by atoms with Gasteiger partial charge in [-0.05, 0) is 42.7 Å². The molecular weight excluding hydrogens is 324 g/mol. The van der Waals surface area contributed by atoms with Crippen LogP contribution < -0.4 is 15.9 Å². The van der Waals surface area contributed by atoms with E-state index in [2.05, 4.69) is 60.8 Å². The van der Waals surface area contributed by atoms with Gasteiger partial charge in [-0.3, -0.25) is 0 Å². The molecule has 0 radical (unpaired) electrons. The molecule has 1 N–H and O–H groups in total. The monoisotopic (exact) mass is 352 g/mol. The van der Waals surface area contributed by atoms with E-state index in [1.54, 1.807) is 0 Å². The predicted octanol–water partition coefficient (Wildman–Crippen LogP) is 2.96. The number of nitrogens with zero attached hydrogens (tertiary/aromatic N) is 1. The van der Waals surface area contributed by atoms with Crippen LogP contribution in [0.3, 0.4) is 0 Å². The van der Waals surface area contributed by atoms with Gasteiger partial charge in [0.2, 0.25) is 0 Å². The normalized spacial score (nSPS) is 12.8. The molecule has 2 aromatic rings. The van der Waals surface area contributed by atoms with Crippen molar-refractivity contribution >= 4 is 17.8 Å².